The van der Waals surface area contributed by atoms with Crippen molar-refractivity contribution in [1.29, 1.82) is 0 Å². The van der Waals surface area contributed by atoms with Crippen molar-refractivity contribution in [2.75, 3.05) is 25.1 Å². The SMILES string of the molecule is CN(CC1CCCCO1)c1ncccc1CNC(C)(C)C. The summed E-state index contributed by atoms with van der Waals surface area (Å²) in [6.07, 6.45) is 5.85. The number of anilines is 1. The average molecular weight is 291 g/mol. The van der Waals surface area contributed by atoms with Crippen LogP contribution in [0.4, 0.5) is 5.82 Å². The molecular weight excluding hydrogens is 262 g/mol. The molecule has 0 spiro atoms. The number of aromatic nitrogens is 1. The highest BCUT2D eigenvalue weighted by atomic mass is 16.5. The van der Waals surface area contributed by atoms with E-state index in [0.717, 1.165) is 31.9 Å². The van der Waals surface area contributed by atoms with Crippen LogP contribution in [0.1, 0.15) is 45.6 Å². The molecule has 1 atom stereocenters. The third-order valence-electron chi connectivity index (χ3n) is 3.79. The molecule has 21 heavy (non-hydrogen) atoms. The summed E-state index contributed by atoms with van der Waals surface area (Å²) in [6, 6.07) is 4.16. The van der Waals surface area contributed by atoms with Gasteiger partial charge in [-0.1, -0.05) is 6.07 Å². The highest BCUT2D eigenvalue weighted by Crippen LogP contribution is 2.20. The van der Waals surface area contributed by atoms with E-state index in [1.165, 1.54) is 18.4 Å². The van der Waals surface area contributed by atoms with Crippen molar-refractivity contribution in [2.45, 2.75) is 58.2 Å². The van der Waals surface area contributed by atoms with E-state index < -0.39 is 0 Å². The van der Waals surface area contributed by atoms with Crippen LogP contribution in [0.3, 0.4) is 0 Å². The molecule has 1 aromatic heterocycles. The van der Waals surface area contributed by atoms with E-state index in [0.29, 0.717) is 6.10 Å². The second-order valence-electron chi connectivity index (χ2n) is 6.96. The van der Waals surface area contributed by atoms with Gasteiger partial charge in [0.2, 0.25) is 0 Å². The monoisotopic (exact) mass is 291 g/mol. The van der Waals surface area contributed by atoms with E-state index in [-0.39, 0.29) is 5.54 Å². The van der Waals surface area contributed by atoms with E-state index in [1.54, 1.807) is 0 Å². The highest BCUT2D eigenvalue weighted by Gasteiger charge is 2.18. The third kappa shape index (κ3) is 5.29. The van der Waals surface area contributed by atoms with Crippen molar-refractivity contribution in [2.24, 2.45) is 0 Å². The van der Waals surface area contributed by atoms with Crippen LogP contribution in [0.2, 0.25) is 0 Å². The van der Waals surface area contributed by atoms with Gasteiger partial charge in [-0.2, -0.15) is 0 Å². The zero-order chi connectivity index (χ0) is 15.3. The largest absolute Gasteiger partial charge is 0.376 e. The lowest BCUT2D eigenvalue weighted by atomic mass is 10.1. The number of nitrogens with one attached hydrogen (secondary N) is 1. The van der Waals surface area contributed by atoms with Gasteiger partial charge >= 0.3 is 0 Å². The Kier molecular flexibility index (Phi) is 5.59. The normalized spacial score (nSPS) is 19.5. The first-order valence-electron chi connectivity index (χ1n) is 7.97. The fourth-order valence-corrected chi connectivity index (χ4v) is 2.62. The minimum absolute atomic E-state index is 0.109. The molecule has 0 amide bonds. The van der Waals surface area contributed by atoms with Gasteiger partial charge in [0.1, 0.15) is 5.82 Å². The first-order valence-corrected chi connectivity index (χ1v) is 7.97. The molecule has 1 aliphatic rings. The molecule has 0 radical (unpaired) electrons. The topological polar surface area (TPSA) is 37.4 Å². The minimum atomic E-state index is 0.109. The standard InChI is InChI=1S/C17H29N3O/c1-17(2,3)19-12-14-8-7-10-18-16(14)20(4)13-15-9-5-6-11-21-15/h7-8,10,15,19H,5-6,9,11-13H2,1-4H3. The van der Waals surface area contributed by atoms with Gasteiger partial charge in [0.05, 0.1) is 6.10 Å². The number of nitrogens with zero attached hydrogens (tertiary/aromatic N) is 2. The number of hydrogen-bond acceptors (Lipinski definition) is 4. The Hall–Kier alpha value is -1.13. The molecule has 0 aromatic carbocycles. The van der Waals surface area contributed by atoms with Gasteiger partial charge in [0.15, 0.2) is 0 Å². The average Bonchev–Trinajstić information content (AvgIpc) is 2.46. The summed E-state index contributed by atoms with van der Waals surface area (Å²) in [6.45, 7) is 9.20. The van der Waals surface area contributed by atoms with Gasteiger partial charge in [0, 0.05) is 44.0 Å². The molecule has 1 N–H and O–H groups in total. The molecule has 0 aliphatic carbocycles. The summed E-state index contributed by atoms with van der Waals surface area (Å²) in [5, 5.41) is 3.54. The van der Waals surface area contributed by atoms with Crippen molar-refractivity contribution in [3.05, 3.63) is 23.9 Å². The second-order valence-corrected chi connectivity index (χ2v) is 6.96. The lowest BCUT2D eigenvalue weighted by Gasteiger charge is -2.29. The van der Waals surface area contributed by atoms with E-state index in [2.05, 4.69) is 49.1 Å². The van der Waals surface area contributed by atoms with Crippen LogP contribution in [0, 0.1) is 0 Å². The van der Waals surface area contributed by atoms with Gasteiger partial charge in [-0.15, -0.1) is 0 Å². The Balaban J connectivity index is 2.00. The smallest absolute Gasteiger partial charge is 0.132 e. The number of pyridine rings is 1. The van der Waals surface area contributed by atoms with E-state index >= 15 is 0 Å². The molecule has 2 heterocycles. The van der Waals surface area contributed by atoms with E-state index in [4.69, 9.17) is 4.74 Å². The fourth-order valence-electron chi connectivity index (χ4n) is 2.62. The molecule has 0 saturated carbocycles. The molecule has 118 valence electrons. The summed E-state index contributed by atoms with van der Waals surface area (Å²) >= 11 is 0. The zero-order valence-corrected chi connectivity index (χ0v) is 13.9. The quantitative estimate of drug-likeness (QED) is 0.905. The van der Waals surface area contributed by atoms with Crippen molar-refractivity contribution in [3.63, 3.8) is 0 Å². The second kappa shape index (κ2) is 7.23. The molecule has 1 aliphatic heterocycles. The molecule has 1 unspecified atom stereocenters. The third-order valence-corrected chi connectivity index (χ3v) is 3.79. The predicted molar refractivity (Wildman–Crippen MR) is 87.7 cm³/mol. The number of ether oxygens (including phenoxy) is 1. The Bertz CT molecular complexity index is 436. The summed E-state index contributed by atoms with van der Waals surface area (Å²) in [5.74, 6) is 1.06. The van der Waals surface area contributed by atoms with Crippen LogP contribution >= 0.6 is 0 Å². The van der Waals surface area contributed by atoms with Crippen LogP contribution in [0.15, 0.2) is 18.3 Å². The molecule has 1 fully saturated rings. The van der Waals surface area contributed by atoms with Gasteiger partial charge in [-0.3, -0.25) is 0 Å². The fraction of sp³-hybridized carbons (Fsp3) is 0.706. The van der Waals surface area contributed by atoms with Gasteiger partial charge in [-0.25, -0.2) is 4.98 Å². The molecule has 4 nitrogen and oxygen atoms in total. The van der Waals surface area contributed by atoms with E-state index in [9.17, 15) is 0 Å². The number of rotatable bonds is 5. The van der Waals surface area contributed by atoms with Crippen molar-refractivity contribution in [1.82, 2.24) is 10.3 Å². The Labute approximate surface area is 128 Å². The molecule has 1 saturated heterocycles. The van der Waals surface area contributed by atoms with Crippen molar-refractivity contribution >= 4 is 5.82 Å². The molecule has 2 rings (SSSR count). The van der Waals surface area contributed by atoms with Crippen LogP contribution in [0.25, 0.3) is 0 Å². The molecule has 0 bridgehead atoms. The number of likely N-dealkylation sites (N-methyl/N-ethyl adjacent to an activating group) is 1. The van der Waals surface area contributed by atoms with Gasteiger partial charge in [0.25, 0.3) is 0 Å². The summed E-state index contributed by atoms with van der Waals surface area (Å²) in [5.41, 5.74) is 1.35. The van der Waals surface area contributed by atoms with E-state index in [1.807, 2.05) is 12.3 Å². The summed E-state index contributed by atoms with van der Waals surface area (Å²) in [7, 11) is 2.11. The van der Waals surface area contributed by atoms with Gasteiger partial charge in [-0.05, 0) is 46.1 Å². The first kappa shape index (κ1) is 16.2. The molecule has 1 aromatic rings. The highest BCUT2D eigenvalue weighted by molar-refractivity contribution is 5.46. The Morgan fingerprint density at radius 1 is 1.38 bits per heavy atom. The maximum absolute atomic E-state index is 5.84. The van der Waals surface area contributed by atoms with Crippen LogP contribution in [-0.2, 0) is 11.3 Å². The van der Waals surface area contributed by atoms with Crippen molar-refractivity contribution < 1.29 is 4.74 Å². The number of hydrogen-bond donors (Lipinski definition) is 1. The van der Waals surface area contributed by atoms with Crippen LogP contribution in [0.5, 0.6) is 0 Å². The molecule has 4 heteroatoms. The maximum atomic E-state index is 5.84. The molecular formula is C17H29N3O. The minimum Gasteiger partial charge on any atom is -0.376 e. The first-order chi connectivity index (χ1) is 9.96. The predicted octanol–water partition coefficient (Wildman–Crippen LogP) is 2.98. The summed E-state index contributed by atoms with van der Waals surface area (Å²) < 4.78 is 5.84. The Morgan fingerprint density at radius 2 is 2.19 bits per heavy atom. The van der Waals surface area contributed by atoms with Gasteiger partial charge < -0.3 is 15.0 Å². The summed E-state index contributed by atoms with van der Waals surface area (Å²) in [4.78, 5) is 6.81. The lowest BCUT2D eigenvalue weighted by molar-refractivity contribution is 0.0215. The van der Waals surface area contributed by atoms with Crippen LogP contribution < -0.4 is 10.2 Å². The van der Waals surface area contributed by atoms with Crippen LogP contribution in [-0.4, -0.2) is 36.8 Å². The van der Waals surface area contributed by atoms with Crippen molar-refractivity contribution in [3.8, 4) is 0 Å². The Morgan fingerprint density at radius 3 is 2.86 bits per heavy atom. The maximum Gasteiger partial charge on any atom is 0.132 e. The lowest BCUT2D eigenvalue weighted by Crippen LogP contribution is -2.37. The zero-order valence-electron chi connectivity index (χ0n) is 13.9.